The average Bonchev–Trinajstić information content (AvgIpc) is 2.72. The molecule has 1 aliphatic carbocycles. The Morgan fingerprint density at radius 2 is 1.14 bits per heavy atom. The average molecular weight is 380 g/mol. The first-order valence-electron chi connectivity index (χ1n) is 9.66. The first-order valence-corrected chi connectivity index (χ1v) is 9.66. The molecular weight excluding hydrogens is 352 g/mol. The molecule has 0 radical (unpaired) electrons. The van der Waals surface area contributed by atoms with E-state index in [-0.39, 0.29) is 11.7 Å². The number of amidine groups is 2. The molecule has 0 saturated heterocycles. The second-order valence-electron chi connectivity index (χ2n) is 7.39. The molecule has 0 spiro atoms. The van der Waals surface area contributed by atoms with Crippen molar-refractivity contribution < 1.29 is 9.47 Å². The van der Waals surface area contributed by atoms with Crippen LogP contribution in [-0.2, 0) is 0 Å². The molecule has 2 aromatic rings. The minimum atomic E-state index is 0.0554. The van der Waals surface area contributed by atoms with E-state index in [1.54, 1.807) is 0 Å². The van der Waals surface area contributed by atoms with Gasteiger partial charge in [0, 0.05) is 11.1 Å². The van der Waals surface area contributed by atoms with E-state index < -0.39 is 0 Å². The third-order valence-corrected chi connectivity index (χ3v) is 5.23. The molecule has 1 aliphatic rings. The lowest BCUT2D eigenvalue weighted by molar-refractivity contribution is 0.148. The minimum Gasteiger partial charge on any atom is -0.493 e. The van der Waals surface area contributed by atoms with E-state index in [1.165, 1.54) is 0 Å². The van der Waals surface area contributed by atoms with Gasteiger partial charge >= 0.3 is 0 Å². The van der Waals surface area contributed by atoms with Crippen molar-refractivity contribution in [1.82, 2.24) is 0 Å². The van der Waals surface area contributed by atoms with Gasteiger partial charge in [0.15, 0.2) is 0 Å². The highest BCUT2D eigenvalue weighted by Gasteiger charge is 2.22. The van der Waals surface area contributed by atoms with E-state index in [0.29, 0.717) is 36.2 Å². The third kappa shape index (κ3) is 5.49. The summed E-state index contributed by atoms with van der Waals surface area (Å²) in [6.45, 7) is 1.38. The van der Waals surface area contributed by atoms with Gasteiger partial charge in [0.1, 0.15) is 23.2 Å². The van der Waals surface area contributed by atoms with Crippen molar-refractivity contribution in [2.24, 2.45) is 23.3 Å². The van der Waals surface area contributed by atoms with Crippen LogP contribution in [0.5, 0.6) is 11.5 Å². The van der Waals surface area contributed by atoms with Gasteiger partial charge in [-0.1, -0.05) is 24.3 Å². The van der Waals surface area contributed by atoms with Crippen LogP contribution < -0.4 is 20.9 Å². The fraction of sp³-hybridized carbons (Fsp3) is 0.364. The van der Waals surface area contributed by atoms with Crippen molar-refractivity contribution in [2.75, 3.05) is 13.2 Å². The van der Waals surface area contributed by atoms with Gasteiger partial charge in [0.25, 0.3) is 0 Å². The Labute approximate surface area is 165 Å². The van der Waals surface area contributed by atoms with E-state index in [1.807, 2.05) is 48.5 Å². The smallest absolute Gasteiger partial charge is 0.122 e. The van der Waals surface area contributed by atoms with Gasteiger partial charge < -0.3 is 20.9 Å². The van der Waals surface area contributed by atoms with Crippen LogP contribution in [0.2, 0.25) is 0 Å². The highest BCUT2D eigenvalue weighted by molar-refractivity contribution is 5.95. The van der Waals surface area contributed by atoms with Gasteiger partial charge in [-0.25, -0.2) is 0 Å². The van der Waals surface area contributed by atoms with E-state index in [2.05, 4.69) is 0 Å². The highest BCUT2D eigenvalue weighted by atomic mass is 16.5. The molecule has 2 aromatic carbocycles. The molecule has 28 heavy (non-hydrogen) atoms. The minimum absolute atomic E-state index is 0.0554. The van der Waals surface area contributed by atoms with E-state index in [4.69, 9.17) is 31.8 Å². The maximum atomic E-state index is 7.51. The largest absolute Gasteiger partial charge is 0.493 e. The normalized spacial score (nSPS) is 19.0. The van der Waals surface area contributed by atoms with Crippen LogP contribution in [0.1, 0.15) is 36.8 Å². The van der Waals surface area contributed by atoms with Crippen molar-refractivity contribution in [3.05, 3.63) is 59.7 Å². The fourth-order valence-corrected chi connectivity index (χ4v) is 3.50. The first-order chi connectivity index (χ1) is 13.5. The lowest BCUT2D eigenvalue weighted by Crippen LogP contribution is -2.23. The molecule has 1 saturated carbocycles. The lowest BCUT2D eigenvalue weighted by atomic mass is 9.83. The molecule has 0 aromatic heterocycles. The van der Waals surface area contributed by atoms with Crippen LogP contribution in [0.4, 0.5) is 0 Å². The Hall–Kier alpha value is -3.02. The zero-order valence-electron chi connectivity index (χ0n) is 16.0. The molecule has 1 fully saturated rings. The number of hydrogen-bond acceptors (Lipinski definition) is 4. The van der Waals surface area contributed by atoms with Crippen LogP contribution >= 0.6 is 0 Å². The summed E-state index contributed by atoms with van der Waals surface area (Å²) in [5.41, 5.74) is 12.4. The van der Waals surface area contributed by atoms with Gasteiger partial charge in [0.05, 0.1) is 13.2 Å². The van der Waals surface area contributed by atoms with E-state index in [0.717, 1.165) is 37.2 Å². The topological polar surface area (TPSA) is 118 Å². The van der Waals surface area contributed by atoms with Gasteiger partial charge in [-0.2, -0.15) is 0 Å². The van der Waals surface area contributed by atoms with Crippen molar-refractivity contribution in [2.45, 2.75) is 25.7 Å². The second kappa shape index (κ2) is 9.26. The summed E-state index contributed by atoms with van der Waals surface area (Å²) in [5.74, 6) is 2.73. The Morgan fingerprint density at radius 3 is 1.50 bits per heavy atom. The number of nitrogens with two attached hydrogens (primary N) is 2. The molecule has 3 rings (SSSR count). The van der Waals surface area contributed by atoms with Gasteiger partial charge in [-0.15, -0.1) is 0 Å². The zero-order valence-corrected chi connectivity index (χ0v) is 16.0. The maximum Gasteiger partial charge on any atom is 0.122 e. The zero-order chi connectivity index (χ0) is 19.9. The summed E-state index contributed by atoms with van der Waals surface area (Å²) in [7, 11) is 0. The van der Waals surface area contributed by atoms with Gasteiger partial charge in [0.2, 0.25) is 0 Å². The number of rotatable bonds is 8. The number of benzene rings is 2. The quantitative estimate of drug-likeness (QED) is 0.414. The highest BCUT2D eigenvalue weighted by Crippen LogP contribution is 2.30. The number of nitrogen functional groups attached to an aromatic ring is 2. The Kier molecular flexibility index (Phi) is 6.53. The summed E-state index contributed by atoms with van der Waals surface area (Å²) < 4.78 is 11.8. The summed E-state index contributed by atoms with van der Waals surface area (Å²) in [6.07, 6.45) is 4.48. The number of nitrogens with one attached hydrogen (secondary N) is 2. The summed E-state index contributed by atoms with van der Waals surface area (Å²) >= 11 is 0. The van der Waals surface area contributed by atoms with Gasteiger partial charge in [-0.05, 0) is 61.8 Å². The summed E-state index contributed by atoms with van der Waals surface area (Å²) in [5, 5.41) is 15.0. The van der Waals surface area contributed by atoms with Crippen molar-refractivity contribution in [1.29, 1.82) is 10.8 Å². The predicted octanol–water partition coefficient (Wildman–Crippen LogP) is 3.52. The molecule has 6 nitrogen and oxygen atoms in total. The predicted molar refractivity (Wildman–Crippen MR) is 111 cm³/mol. The molecule has 0 amide bonds. The summed E-state index contributed by atoms with van der Waals surface area (Å²) in [4.78, 5) is 0. The fourth-order valence-electron chi connectivity index (χ4n) is 3.50. The number of hydrogen-bond donors (Lipinski definition) is 4. The molecule has 0 bridgehead atoms. The molecule has 148 valence electrons. The molecule has 0 unspecified atom stereocenters. The lowest BCUT2D eigenvalue weighted by Gasteiger charge is -2.28. The van der Waals surface area contributed by atoms with E-state index >= 15 is 0 Å². The molecule has 0 atom stereocenters. The van der Waals surface area contributed by atoms with Crippen molar-refractivity contribution in [3.63, 3.8) is 0 Å². The maximum absolute atomic E-state index is 7.51. The van der Waals surface area contributed by atoms with Crippen LogP contribution in [0.15, 0.2) is 48.5 Å². The molecule has 6 N–H and O–H groups in total. The second-order valence-corrected chi connectivity index (χ2v) is 7.39. The van der Waals surface area contributed by atoms with Crippen LogP contribution in [0.25, 0.3) is 0 Å². The van der Waals surface area contributed by atoms with Gasteiger partial charge in [-0.3, -0.25) is 10.8 Å². The molecule has 6 heteroatoms. The molecular formula is C22H28N4O2. The summed E-state index contributed by atoms with van der Waals surface area (Å²) in [6, 6.07) is 14.8. The van der Waals surface area contributed by atoms with Crippen molar-refractivity contribution >= 4 is 11.7 Å². The van der Waals surface area contributed by atoms with Crippen LogP contribution in [-0.4, -0.2) is 24.9 Å². The monoisotopic (exact) mass is 380 g/mol. The Morgan fingerprint density at radius 1 is 0.750 bits per heavy atom. The molecule has 0 heterocycles. The third-order valence-electron chi connectivity index (χ3n) is 5.23. The van der Waals surface area contributed by atoms with Crippen LogP contribution in [0.3, 0.4) is 0 Å². The van der Waals surface area contributed by atoms with E-state index in [9.17, 15) is 0 Å². The SMILES string of the molecule is N=C(N)c1cccc(OCC2CCC(COc3cccc(C(=N)N)c3)CC2)c1. The Balaban J connectivity index is 1.41. The first kappa shape index (κ1) is 19.7. The number of ether oxygens (including phenoxy) is 2. The van der Waals surface area contributed by atoms with Crippen LogP contribution in [0, 0.1) is 22.7 Å². The Bertz CT molecular complexity index is 759. The molecule has 0 aliphatic heterocycles. The standard InChI is InChI=1S/C22H28N4O2/c23-21(24)17-3-1-5-19(11-17)27-13-15-7-9-16(10-8-15)14-28-20-6-2-4-18(12-20)22(25)26/h1-6,11-12,15-16H,7-10,13-14H2,(H3,23,24)(H3,25,26). The van der Waals surface area contributed by atoms with Crippen molar-refractivity contribution in [3.8, 4) is 11.5 Å².